The first-order chi connectivity index (χ1) is 17.0. The van der Waals surface area contributed by atoms with Crippen LogP contribution in [0.2, 0.25) is 0 Å². The Bertz CT molecular complexity index is 1580. The third-order valence-electron chi connectivity index (χ3n) is 5.04. The zero-order chi connectivity index (χ0) is 24.8. The van der Waals surface area contributed by atoms with Gasteiger partial charge in [0, 0.05) is 38.6 Å². The number of hydrogen-bond donors (Lipinski definition) is 3. The largest absolute Gasteiger partial charge is 0.423 e. The summed E-state index contributed by atoms with van der Waals surface area (Å²) in [5.74, 6) is 0. The summed E-state index contributed by atoms with van der Waals surface area (Å²) in [5.41, 5.74) is 2.08. The fourth-order valence-corrected chi connectivity index (χ4v) is 3.34. The van der Waals surface area contributed by atoms with Crippen molar-refractivity contribution in [3.05, 3.63) is 93.8 Å². The Hall–Kier alpha value is -5.00. The molecule has 1 aromatic carbocycles. The van der Waals surface area contributed by atoms with Crippen molar-refractivity contribution < 1.29 is 10.0 Å². The summed E-state index contributed by atoms with van der Waals surface area (Å²) in [6.45, 7) is 0.290. The van der Waals surface area contributed by atoms with Gasteiger partial charge in [0.2, 0.25) is 0 Å². The second kappa shape index (κ2) is 10.3. The monoisotopic (exact) mass is 474 g/mol. The number of pyridine rings is 2. The molecule has 0 aliphatic rings. The minimum absolute atomic E-state index is 0.192. The lowest BCUT2D eigenvalue weighted by molar-refractivity contribution is 0.0980. The molecule has 0 atom stereocenters. The third-order valence-corrected chi connectivity index (χ3v) is 5.04. The maximum Gasteiger partial charge on any atom is 0.287 e. The van der Waals surface area contributed by atoms with E-state index < -0.39 is 5.56 Å². The molecule has 0 spiro atoms. The van der Waals surface area contributed by atoms with Gasteiger partial charge in [0.25, 0.3) is 11.1 Å². The van der Waals surface area contributed by atoms with Crippen LogP contribution in [-0.4, -0.2) is 48.7 Å². The van der Waals surface area contributed by atoms with E-state index in [0.29, 0.717) is 33.7 Å². The van der Waals surface area contributed by atoms with Gasteiger partial charge >= 0.3 is 0 Å². The highest BCUT2D eigenvalue weighted by Gasteiger charge is 2.10. The minimum Gasteiger partial charge on any atom is -0.423 e. The van der Waals surface area contributed by atoms with E-state index in [4.69, 9.17) is 4.84 Å². The molecule has 3 N–H and O–H groups in total. The van der Waals surface area contributed by atoms with Crippen molar-refractivity contribution in [3.8, 4) is 0 Å². The first-order valence-corrected chi connectivity index (χ1v) is 10.5. The third kappa shape index (κ3) is 4.85. The van der Waals surface area contributed by atoms with Crippen LogP contribution in [0.1, 0.15) is 5.56 Å². The number of benzene rings is 1. The van der Waals surface area contributed by atoms with Gasteiger partial charge in [-0.3, -0.25) is 9.59 Å². The Kier molecular flexibility index (Phi) is 6.81. The van der Waals surface area contributed by atoms with Crippen LogP contribution in [0.15, 0.2) is 77.1 Å². The average Bonchev–Trinajstić information content (AvgIpc) is 2.91. The number of anilines is 2. The van der Waals surface area contributed by atoms with Crippen LogP contribution in [0.25, 0.3) is 22.1 Å². The van der Waals surface area contributed by atoms with Crippen LogP contribution in [-0.2, 0) is 6.61 Å². The van der Waals surface area contributed by atoms with Crippen LogP contribution in [0, 0.1) is 0 Å². The fraction of sp³-hybridized carbons (Fsp3) is 0.130. The SMILES string of the molecule is CNc1cc(=O)n(O)c2ncncc12.CNc1cc(=O)n(OCc2ccccc2)c2ncncc12. The van der Waals surface area contributed by atoms with Gasteiger partial charge in [-0.05, 0) is 5.56 Å². The highest BCUT2D eigenvalue weighted by molar-refractivity contribution is 5.88. The molecule has 178 valence electrons. The van der Waals surface area contributed by atoms with Crippen LogP contribution >= 0.6 is 0 Å². The summed E-state index contributed by atoms with van der Waals surface area (Å²) in [7, 11) is 3.43. The van der Waals surface area contributed by atoms with Crippen LogP contribution in [0.5, 0.6) is 0 Å². The summed E-state index contributed by atoms with van der Waals surface area (Å²) in [6, 6.07) is 12.4. The van der Waals surface area contributed by atoms with Crippen LogP contribution in [0.3, 0.4) is 0 Å². The Labute approximate surface area is 198 Å². The van der Waals surface area contributed by atoms with Crippen molar-refractivity contribution in [3.63, 3.8) is 0 Å². The number of hydrogen-bond acceptors (Lipinski definition) is 10. The van der Waals surface area contributed by atoms with Crippen molar-refractivity contribution in [1.29, 1.82) is 0 Å². The standard InChI is InChI=1S/C15H14N4O2.C8H8N4O2/c1-16-13-7-14(20)19(15-12(13)8-17-10-18-15)21-9-11-5-3-2-4-6-11;1-9-6-2-7(13)12(14)8-5(6)3-10-4-11-8/h2-8,10,16H,9H2,1H3;2-4,9,14H,1H3. The van der Waals surface area contributed by atoms with Gasteiger partial charge < -0.3 is 20.7 Å². The second-order valence-corrected chi connectivity index (χ2v) is 7.18. The zero-order valence-electron chi connectivity index (χ0n) is 18.9. The van der Waals surface area contributed by atoms with E-state index in [1.165, 1.54) is 35.7 Å². The summed E-state index contributed by atoms with van der Waals surface area (Å²) in [4.78, 5) is 44.8. The summed E-state index contributed by atoms with van der Waals surface area (Å²) in [6.07, 6.45) is 5.84. The molecule has 0 fully saturated rings. The maximum absolute atomic E-state index is 12.2. The van der Waals surface area contributed by atoms with Crippen LogP contribution in [0.4, 0.5) is 11.4 Å². The quantitative estimate of drug-likeness (QED) is 0.320. The highest BCUT2D eigenvalue weighted by atomic mass is 16.7. The van der Waals surface area contributed by atoms with Crippen molar-refractivity contribution in [1.82, 2.24) is 29.4 Å². The number of fused-ring (bicyclic) bond motifs is 2. The average molecular weight is 474 g/mol. The smallest absolute Gasteiger partial charge is 0.287 e. The van der Waals surface area contributed by atoms with E-state index in [1.807, 2.05) is 30.3 Å². The van der Waals surface area contributed by atoms with Gasteiger partial charge in [0.05, 0.1) is 22.1 Å². The molecule has 0 radical (unpaired) electrons. The molecule has 0 amide bonds. The molecule has 35 heavy (non-hydrogen) atoms. The van der Waals surface area contributed by atoms with E-state index >= 15 is 0 Å². The van der Waals surface area contributed by atoms with Gasteiger partial charge in [0.1, 0.15) is 19.3 Å². The summed E-state index contributed by atoms with van der Waals surface area (Å²) < 4.78 is 1.70. The summed E-state index contributed by atoms with van der Waals surface area (Å²) >= 11 is 0. The number of rotatable bonds is 5. The number of aromatic nitrogens is 6. The molecule has 0 saturated carbocycles. The molecule has 0 bridgehead atoms. The van der Waals surface area contributed by atoms with Crippen molar-refractivity contribution in [2.45, 2.75) is 6.61 Å². The van der Waals surface area contributed by atoms with Gasteiger partial charge in [-0.1, -0.05) is 30.3 Å². The first-order valence-electron chi connectivity index (χ1n) is 10.5. The molecule has 0 aliphatic carbocycles. The van der Waals surface area contributed by atoms with Crippen molar-refractivity contribution >= 4 is 33.4 Å². The van der Waals surface area contributed by atoms with Crippen molar-refractivity contribution in [2.24, 2.45) is 0 Å². The zero-order valence-corrected chi connectivity index (χ0v) is 18.9. The number of nitrogens with one attached hydrogen (secondary N) is 2. The lowest BCUT2D eigenvalue weighted by atomic mass is 10.2. The molecule has 0 aliphatic heterocycles. The lowest BCUT2D eigenvalue weighted by Crippen LogP contribution is -2.27. The predicted molar refractivity (Wildman–Crippen MR) is 131 cm³/mol. The Morgan fingerprint density at radius 3 is 2.06 bits per heavy atom. The van der Waals surface area contributed by atoms with E-state index in [-0.39, 0.29) is 11.2 Å². The van der Waals surface area contributed by atoms with Crippen molar-refractivity contribution in [2.75, 3.05) is 24.7 Å². The molecule has 4 aromatic heterocycles. The van der Waals surface area contributed by atoms with Gasteiger partial charge in [0.15, 0.2) is 11.3 Å². The first kappa shape index (κ1) is 23.2. The molecule has 12 nitrogen and oxygen atoms in total. The van der Waals surface area contributed by atoms with E-state index in [0.717, 1.165) is 10.9 Å². The Morgan fingerprint density at radius 1 is 0.857 bits per heavy atom. The van der Waals surface area contributed by atoms with E-state index in [9.17, 15) is 14.8 Å². The Morgan fingerprint density at radius 2 is 1.43 bits per heavy atom. The Balaban J connectivity index is 0.000000179. The fourth-order valence-electron chi connectivity index (χ4n) is 3.34. The van der Waals surface area contributed by atoms with E-state index in [1.54, 1.807) is 20.3 Å². The molecule has 5 aromatic rings. The van der Waals surface area contributed by atoms with Gasteiger partial charge in [-0.2, -0.15) is 0 Å². The van der Waals surface area contributed by atoms with Crippen LogP contribution < -0.4 is 26.6 Å². The molecule has 0 saturated heterocycles. The normalized spacial score (nSPS) is 10.5. The van der Waals surface area contributed by atoms with Gasteiger partial charge in [-0.15, -0.1) is 9.46 Å². The molecular formula is C23H22N8O4. The molecule has 0 unspecified atom stereocenters. The second-order valence-electron chi connectivity index (χ2n) is 7.18. The molecule has 5 rings (SSSR count). The predicted octanol–water partition coefficient (Wildman–Crippen LogP) is 1.53. The minimum atomic E-state index is -0.527. The lowest BCUT2D eigenvalue weighted by Gasteiger charge is -2.12. The molecule has 12 heteroatoms. The topological polar surface area (TPSA) is 149 Å². The van der Waals surface area contributed by atoms with E-state index in [2.05, 4.69) is 30.6 Å². The molecule has 4 heterocycles. The van der Waals surface area contributed by atoms with Gasteiger partial charge in [-0.25, -0.2) is 19.9 Å². The maximum atomic E-state index is 12.2. The summed E-state index contributed by atoms with van der Waals surface area (Å²) in [5, 5.41) is 16.5. The molecular weight excluding hydrogens is 452 g/mol. The highest BCUT2D eigenvalue weighted by Crippen LogP contribution is 2.18. The number of nitrogens with zero attached hydrogens (tertiary/aromatic N) is 6.